The molecule has 0 bridgehead atoms. The monoisotopic (exact) mass is 166 g/mol. The van der Waals surface area contributed by atoms with Crippen LogP contribution in [0.3, 0.4) is 0 Å². The molecule has 1 aromatic heterocycles. The summed E-state index contributed by atoms with van der Waals surface area (Å²) in [7, 11) is 1.91. The van der Waals surface area contributed by atoms with Crippen LogP contribution in [0.25, 0.3) is 0 Å². The highest BCUT2D eigenvalue weighted by Gasteiger charge is 2.00. The standard InChI is InChI=1S/C9H14N2O/c1-3-12-9-7-11-5-4-8(9)6-10-2/h4-5,7,10H,3,6H2,1-2H3. The average Bonchev–Trinajstić information content (AvgIpc) is 2.09. The van der Waals surface area contributed by atoms with Crippen molar-refractivity contribution >= 4 is 0 Å². The van der Waals surface area contributed by atoms with E-state index in [1.165, 1.54) is 0 Å². The minimum atomic E-state index is 0.683. The van der Waals surface area contributed by atoms with E-state index < -0.39 is 0 Å². The molecule has 0 fully saturated rings. The predicted octanol–water partition coefficient (Wildman–Crippen LogP) is 1.20. The topological polar surface area (TPSA) is 34.1 Å². The number of pyridine rings is 1. The number of ether oxygens (including phenoxy) is 1. The van der Waals surface area contributed by atoms with Gasteiger partial charge in [0, 0.05) is 18.3 Å². The van der Waals surface area contributed by atoms with Gasteiger partial charge >= 0.3 is 0 Å². The highest BCUT2D eigenvalue weighted by molar-refractivity contribution is 5.29. The van der Waals surface area contributed by atoms with Crippen molar-refractivity contribution in [1.29, 1.82) is 0 Å². The summed E-state index contributed by atoms with van der Waals surface area (Å²) in [6.45, 7) is 3.47. The van der Waals surface area contributed by atoms with Gasteiger partial charge in [-0.05, 0) is 20.0 Å². The fourth-order valence-electron chi connectivity index (χ4n) is 1.03. The largest absolute Gasteiger partial charge is 0.492 e. The van der Waals surface area contributed by atoms with E-state index in [0.717, 1.165) is 17.9 Å². The molecule has 0 unspecified atom stereocenters. The molecule has 0 radical (unpaired) electrons. The number of hydrogen-bond donors (Lipinski definition) is 1. The maximum absolute atomic E-state index is 5.39. The first kappa shape index (κ1) is 9.00. The lowest BCUT2D eigenvalue weighted by Crippen LogP contribution is -2.07. The normalized spacial score (nSPS) is 9.83. The Kier molecular flexibility index (Phi) is 3.54. The Labute approximate surface area is 72.8 Å². The third-order valence-electron chi connectivity index (χ3n) is 1.54. The van der Waals surface area contributed by atoms with Gasteiger partial charge in [0.1, 0.15) is 5.75 Å². The first-order chi connectivity index (χ1) is 5.88. The summed E-state index contributed by atoms with van der Waals surface area (Å²) in [6, 6.07) is 1.96. The molecular formula is C9H14N2O. The summed E-state index contributed by atoms with van der Waals surface area (Å²) in [5, 5.41) is 3.08. The Morgan fingerprint density at radius 1 is 1.58 bits per heavy atom. The van der Waals surface area contributed by atoms with Gasteiger partial charge < -0.3 is 10.1 Å². The highest BCUT2D eigenvalue weighted by Crippen LogP contribution is 2.15. The van der Waals surface area contributed by atoms with Crippen molar-refractivity contribution in [3.63, 3.8) is 0 Å². The SMILES string of the molecule is CCOc1cnccc1CNC. The molecule has 0 amide bonds. The Morgan fingerprint density at radius 2 is 2.42 bits per heavy atom. The predicted molar refractivity (Wildman–Crippen MR) is 48.2 cm³/mol. The van der Waals surface area contributed by atoms with Gasteiger partial charge in [0.2, 0.25) is 0 Å². The lowest BCUT2D eigenvalue weighted by molar-refractivity contribution is 0.334. The molecule has 0 saturated carbocycles. The Morgan fingerprint density at radius 3 is 3.08 bits per heavy atom. The van der Waals surface area contributed by atoms with Crippen molar-refractivity contribution in [2.24, 2.45) is 0 Å². The molecule has 12 heavy (non-hydrogen) atoms. The van der Waals surface area contributed by atoms with E-state index in [4.69, 9.17) is 4.74 Å². The van der Waals surface area contributed by atoms with Crippen LogP contribution in [0, 0.1) is 0 Å². The molecule has 1 rings (SSSR count). The summed E-state index contributed by atoms with van der Waals surface area (Å²) in [5.74, 6) is 0.870. The molecule has 0 spiro atoms. The van der Waals surface area contributed by atoms with Crippen molar-refractivity contribution in [2.45, 2.75) is 13.5 Å². The van der Waals surface area contributed by atoms with E-state index in [9.17, 15) is 0 Å². The molecular weight excluding hydrogens is 152 g/mol. The molecule has 3 nitrogen and oxygen atoms in total. The second kappa shape index (κ2) is 4.72. The van der Waals surface area contributed by atoms with Crippen LogP contribution in [0.2, 0.25) is 0 Å². The number of aromatic nitrogens is 1. The van der Waals surface area contributed by atoms with Crippen LogP contribution in [-0.2, 0) is 6.54 Å². The minimum Gasteiger partial charge on any atom is -0.492 e. The van der Waals surface area contributed by atoms with Gasteiger partial charge in [-0.25, -0.2) is 0 Å². The second-order valence-electron chi connectivity index (χ2n) is 2.45. The fraction of sp³-hybridized carbons (Fsp3) is 0.444. The summed E-state index contributed by atoms with van der Waals surface area (Å²) < 4.78 is 5.39. The minimum absolute atomic E-state index is 0.683. The zero-order valence-electron chi connectivity index (χ0n) is 7.50. The number of rotatable bonds is 4. The number of nitrogens with zero attached hydrogens (tertiary/aromatic N) is 1. The van der Waals surface area contributed by atoms with Gasteiger partial charge in [0.15, 0.2) is 0 Å². The molecule has 3 heteroatoms. The van der Waals surface area contributed by atoms with Gasteiger partial charge in [-0.3, -0.25) is 4.98 Å². The van der Waals surface area contributed by atoms with Crippen LogP contribution in [0.5, 0.6) is 5.75 Å². The van der Waals surface area contributed by atoms with E-state index >= 15 is 0 Å². The summed E-state index contributed by atoms with van der Waals surface area (Å²) in [5.41, 5.74) is 1.15. The summed E-state index contributed by atoms with van der Waals surface area (Å²) in [4.78, 5) is 3.99. The molecule has 1 aromatic rings. The van der Waals surface area contributed by atoms with Gasteiger partial charge in [-0.1, -0.05) is 0 Å². The fourth-order valence-corrected chi connectivity index (χ4v) is 1.03. The Balaban J connectivity index is 2.77. The van der Waals surface area contributed by atoms with Crippen molar-refractivity contribution in [3.8, 4) is 5.75 Å². The first-order valence-corrected chi connectivity index (χ1v) is 4.08. The molecule has 0 saturated heterocycles. The molecule has 1 heterocycles. The van der Waals surface area contributed by atoms with Crippen LogP contribution in [0.4, 0.5) is 0 Å². The summed E-state index contributed by atoms with van der Waals surface area (Å²) >= 11 is 0. The highest BCUT2D eigenvalue weighted by atomic mass is 16.5. The zero-order valence-corrected chi connectivity index (χ0v) is 7.50. The van der Waals surface area contributed by atoms with E-state index in [1.807, 2.05) is 20.0 Å². The van der Waals surface area contributed by atoms with Crippen molar-refractivity contribution < 1.29 is 4.74 Å². The maximum atomic E-state index is 5.39. The molecule has 0 aromatic carbocycles. The van der Waals surface area contributed by atoms with Crippen molar-refractivity contribution in [3.05, 3.63) is 24.0 Å². The van der Waals surface area contributed by atoms with Crippen molar-refractivity contribution in [1.82, 2.24) is 10.3 Å². The zero-order chi connectivity index (χ0) is 8.81. The van der Waals surface area contributed by atoms with Gasteiger partial charge in [0.25, 0.3) is 0 Å². The molecule has 0 aliphatic heterocycles. The number of nitrogens with one attached hydrogen (secondary N) is 1. The van der Waals surface area contributed by atoms with E-state index in [1.54, 1.807) is 12.4 Å². The van der Waals surface area contributed by atoms with Gasteiger partial charge in [-0.15, -0.1) is 0 Å². The molecule has 1 N–H and O–H groups in total. The summed E-state index contributed by atoms with van der Waals surface area (Å²) in [6.07, 6.45) is 3.52. The van der Waals surface area contributed by atoms with Crippen LogP contribution in [-0.4, -0.2) is 18.6 Å². The van der Waals surface area contributed by atoms with E-state index in [-0.39, 0.29) is 0 Å². The molecule has 0 aliphatic rings. The Hall–Kier alpha value is -1.09. The second-order valence-corrected chi connectivity index (χ2v) is 2.45. The van der Waals surface area contributed by atoms with Crippen LogP contribution in [0.1, 0.15) is 12.5 Å². The lowest BCUT2D eigenvalue weighted by Gasteiger charge is -2.07. The van der Waals surface area contributed by atoms with Crippen LogP contribution < -0.4 is 10.1 Å². The van der Waals surface area contributed by atoms with Crippen LogP contribution in [0.15, 0.2) is 18.5 Å². The molecule has 0 aliphatic carbocycles. The average molecular weight is 166 g/mol. The van der Waals surface area contributed by atoms with E-state index in [0.29, 0.717) is 6.61 Å². The molecule has 0 atom stereocenters. The van der Waals surface area contributed by atoms with Gasteiger partial charge in [0.05, 0.1) is 12.8 Å². The maximum Gasteiger partial charge on any atom is 0.142 e. The third kappa shape index (κ3) is 2.20. The van der Waals surface area contributed by atoms with Crippen molar-refractivity contribution in [2.75, 3.05) is 13.7 Å². The number of hydrogen-bond acceptors (Lipinski definition) is 3. The van der Waals surface area contributed by atoms with Crippen LogP contribution >= 0.6 is 0 Å². The third-order valence-corrected chi connectivity index (χ3v) is 1.54. The smallest absolute Gasteiger partial charge is 0.142 e. The molecule has 66 valence electrons. The first-order valence-electron chi connectivity index (χ1n) is 4.08. The quantitative estimate of drug-likeness (QED) is 0.729. The Bertz CT molecular complexity index is 213. The lowest BCUT2D eigenvalue weighted by atomic mass is 10.2. The van der Waals surface area contributed by atoms with E-state index in [2.05, 4.69) is 10.3 Å². The van der Waals surface area contributed by atoms with Gasteiger partial charge in [-0.2, -0.15) is 0 Å².